The lowest BCUT2D eigenvalue weighted by Crippen LogP contribution is -2.23. The van der Waals surface area contributed by atoms with Crippen LogP contribution in [0.3, 0.4) is 0 Å². The predicted molar refractivity (Wildman–Crippen MR) is 111 cm³/mol. The zero-order chi connectivity index (χ0) is 21.8. The van der Waals surface area contributed by atoms with E-state index in [1.165, 1.54) is 22.9 Å². The molecule has 0 aliphatic rings. The smallest absolute Gasteiger partial charge is 0.295 e. The molecule has 0 bridgehead atoms. The third-order valence-electron chi connectivity index (χ3n) is 4.59. The van der Waals surface area contributed by atoms with Crippen molar-refractivity contribution in [2.75, 3.05) is 5.32 Å². The van der Waals surface area contributed by atoms with Gasteiger partial charge in [0.2, 0.25) is 0 Å². The van der Waals surface area contributed by atoms with Crippen LogP contribution in [-0.2, 0) is 11.8 Å². The summed E-state index contributed by atoms with van der Waals surface area (Å²) in [6.07, 6.45) is 1.13. The number of benzene rings is 2. The molecular formula is C21H17N5O4. The van der Waals surface area contributed by atoms with Gasteiger partial charge in [0, 0.05) is 13.1 Å². The summed E-state index contributed by atoms with van der Waals surface area (Å²) in [5.41, 5.74) is 0.177. The van der Waals surface area contributed by atoms with Gasteiger partial charge in [-0.05, 0) is 31.2 Å². The minimum absolute atomic E-state index is 0.0232. The number of hydrogen-bond donors (Lipinski definition) is 1. The van der Waals surface area contributed by atoms with Gasteiger partial charge in [0.1, 0.15) is 17.3 Å². The maximum atomic E-state index is 12.9. The molecule has 1 N–H and O–H groups in total. The number of carbonyl (C=O) groups is 1. The Morgan fingerprint density at radius 3 is 2.43 bits per heavy atom. The number of rotatable bonds is 5. The highest BCUT2D eigenvalue weighted by atomic mass is 16.6. The molecular weight excluding hydrogens is 386 g/mol. The summed E-state index contributed by atoms with van der Waals surface area (Å²) in [4.78, 5) is 36.1. The van der Waals surface area contributed by atoms with Crippen molar-refractivity contribution in [2.45, 2.75) is 6.92 Å². The normalized spacial score (nSPS) is 11.0. The molecule has 0 unspecified atom stereocenters. The van der Waals surface area contributed by atoms with Crippen LogP contribution < -0.4 is 10.9 Å². The first kappa shape index (κ1) is 20.3. The van der Waals surface area contributed by atoms with Crippen LogP contribution in [-0.4, -0.2) is 20.2 Å². The molecule has 2 aromatic carbocycles. The topological polar surface area (TPSA) is 123 Å². The van der Waals surface area contributed by atoms with Gasteiger partial charge in [-0.2, -0.15) is 5.26 Å². The Hall–Kier alpha value is -4.45. The molecule has 0 aliphatic heterocycles. The molecule has 0 saturated carbocycles. The minimum atomic E-state index is -0.832. The highest BCUT2D eigenvalue weighted by Gasteiger charge is 2.21. The first-order chi connectivity index (χ1) is 14.3. The molecule has 1 heterocycles. The Balaban J connectivity index is 1.99. The molecule has 150 valence electrons. The Morgan fingerprint density at radius 1 is 1.17 bits per heavy atom. The fourth-order valence-electron chi connectivity index (χ4n) is 2.97. The van der Waals surface area contributed by atoms with E-state index in [0.717, 1.165) is 6.08 Å². The Kier molecular flexibility index (Phi) is 5.60. The largest absolute Gasteiger partial charge is 0.315 e. The second kappa shape index (κ2) is 8.28. The molecule has 9 heteroatoms. The third-order valence-corrected chi connectivity index (χ3v) is 4.59. The Bertz CT molecular complexity index is 1260. The quantitative estimate of drug-likeness (QED) is 0.304. The van der Waals surface area contributed by atoms with E-state index >= 15 is 0 Å². The van der Waals surface area contributed by atoms with Gasteiger partial charge in [0.25, 0.3) is 17.2 Å². The van der Waals surface area contributed by atoms with Crippen LogP contribution in [0.1, 0.15) is 11.3 Å². The molecule has 0 atom stereocenters. The number of nitrogens with one attached hydrogen (secondary N) is 1. The van der Waals surface area contributed by atoms with Gasteiger partial charge < -0.3 is 5.32 Å². The monoisotopic (exact) mass is 403 g/mol. The Morgan fingerprint density at radius 2 is 1.80 bits per heavy atom. The van der Waals surface area contributed by atoms with E-state index in [1.807, 2.05) is 6.07 Å². The van der Waals surface area contributed by atoms with E-state index in [0.29, 0.717) is 11.4 Å². The van der Waals surface area contributed by atoms with E-state index in [1.54, 1.807) is 55.1 Å². The molecule has 0 fully saturated rings. The summed E-state index contributed by atoms with van der Waals surface area (Å²) in [7, 11) is 1.67. The van der Waals surface area contributed by atoms with Crippen molar-refractivity contribution >= 4 is 23.4 Å². The molecule has 1 amide bonds. The van der Waals surface area contributed by atoms with Crippen molar-refractivity contribution in [3.8, 4) is 11.8 Å². The summed E-state index contributed by atoms with van der Waals surface area (Å²) >= 11 is 0. The molecule has 0 spiro atoms. The van der Waals surface area contributed by atoms with Crippen molar-refractivity contribution < 1.29 is 9.72 Å². The summed E-state index contributed by atoms with van der Waals surface area (Å²) < 4.78 is 2.98. The second-order valence-corrected chi connectivity index (χ2v) is 6.38. The lowest BCUT2D eigenvalue weighted by Gasteiger charge is -2.07. The average molecular weight is 403 g/mol. The van der Waals surface area contributed by atoms with Crippen LogP contribution in [0.2, 0.25) is 0 Å². The molecule has 0 radical (unpaired) electrons. The number of nitriles is 1. The van der Waals surface area contributed by atoms with Crippen LogP contribution in [0.5, 0.6) is 0 Å². The van der Waals surface area contributed by atoms with Gasteiger partial charge in [0.15, 0.2) is 0 Å². The number of nitrogens with zero attached hydrogens (tertiary/aromatic N) is 4. The van der Waals surface area contributed by atoms with Crippen LogP contribution in [0.15, 0.2) is 65.0 Å². The van der Waals surface area contributed by atoms with Crippen molar-refractivity contribution in [3.05, 3.63) is 91.9 Å². The molecule has 1 aromatic heterocycles. The van der Waals surface area contributed by atoms with Gasteiger partial charge in [-0.25, -0.2) is 4.68 Å². The zero-order valence-electron chi connectivity index (χ0n) is 16.2. The number of nitro benzene ring substituents is 1. The lowest BCUT2D eigenvalue weighted by molar-refractivity contribution is -0.385. The summed E-state index contributed by atoms with van der Waals surface area (Å²) in [6, 6.07) is 16.4. The average Bonchev–Trinajstić information content (AvgIpc) is 2.95. The molecule has 0 saturated heterocycles. The van der Waals surface area contributed by atoms with E-state index in [2.05, 4.69) is 5.32 Å². The van der Waals surface area contributed by atoms with Crippen LogP contribution in [0, 0.1) is 28.4 Å². The summed E-state index contributed by atoms with van der Waals surface area (Å²) in [6.45, 7) is 1.66. The van der Waals surface area contributed by atoms with E-state index in [4.69, 9.17) is 0 Å². The molecule has 9 nitrogen and oxygen atoms in total. The van der Waals surface area contributed by atoms with Crippen LogP contribution >= 0.6 is 0 Å². The van der Waals surface area contributed by atoms with Crippen molar-refractivity contribution in [2.24, 2.45) is 7.05 Å². The standard InChI is InChI=1S/C21H17N5O4/c1-14-19(21(28)25(24(14)2)17-9-4-3-5-10-17)23-20(27)16(13-22)12-15-8-6-7-11-18(15)26(29)30/h3-12H,1-2H3,(H,23,27). The zero-order valence-corrected chi connectivity index (χ0v) is 16.2. The minimum Gasteiger partial charge on any atom is -0.315 e. The lowest BCUT2D eigenvalue weighted by atomic mass is 10.1. The van der Waals surface area contributed by atoms with Gasteiger partial charge in [0.05, 0.1) is 21.9 Å². The molecule has 3 rings (SSSR count). The van der Waals surface area contributed by atoms with Crippen molar-refractivity contribution in [1.29, 1.82) is 5.26 Å². The highest BCUT2D eigenvalue weighted by molar-refractivity contribution is 6.10. The van der Waals surface area contributed by atoms with Crippen LogP contribution in [0.4, 0.5) is 11.4 Å². The van der Waals surface area contributed by atoms with E-state index in [9.17, 15) is 25.0 Å². The van der Waals surface area contributed by atoms with E-state index < -0.39 is 16.4 Å². The van der Waals surface area contributed by atoms with Crippen molar-refractivity contribution in [1.82, 2.24) is 9.36 Å². The number of carbonyl (C=O) groups excluding carboxylic acids is 1. The van der Waals surface area contributed by atoms with Gasteiger partial charge in [-0.3, -0.25) is 24.4 Å². The Labute approximate surface area is 171 Å². The first-order valence-electron chi connectivity index (χ1n) is 8.85. The third kappa shape index (κ3) is 3.74. The number of aromatic nitrogens is 2. The number of hydrogen-bond acceptors (Lipinski definition) is 5. The fourth-order valence-corrected chi connectivity index (χ4v) is 2.97. The number of para-hydroxylation sites is 2. The highest BCUT2D eigenvalue weighted by Crippen LogP contribution is 2.21. The molecule has 0 aliphatic carbocycles. The maximum absolute atomic E-state index is 12.9. The maximum Gasteiger partial charge on any atom is 0.295 e. The molecule has 30 heavy (non-hydrogen) atoms. The fraction of sp³-hybridized carbons (Fsp3) is 0.0952. The first-order valence-corrected chi connectivity index (χ1v) is 8.85. The van der Waals surface area contributed by atoms with Crippen LogP contribution in [0.25, 0.3) is 11.8 Å². The van der Waals surface area contributed by atoms with Crippen molar-refractivity contribution in [3.63, 3.8) is 0 Å². The predicted octanol–water partition coefficient (Wildman–Crippen LogP) is 2.94. The number of anilines is 1. The summed E-state index contributed by atoms with van der Waals surface area (Å²) in [5.74, 6) is -0.832. The number of amides is 1. The van der Waals surface area contributed by atoms with Gasteiger partial charge >= 0.3 is 0 Å². The number of nitro groups is 1. The summed E-state index contributed by atoms with van der Waals surface area (Å²) in [5, 5.41) is 23.0. The SMILES string of the molecule is Cc1c(NC(=O)C(C#N)=Cc2ccccc2[N+](=O)[O-])c(=O)n(-c2ccccc2)n1C. The second-order valence-electron chi connectivity index (χ2n) is 6.38. The van der Waals surface area contributed by atoms with Gasteiger partial charge in [-0.1, -0.05) is 30.3 Å². The van der Waals surface area contributed by atoms with E-state index in [-0.39, 0.29) is 22.5 Å². The van der Waals surface area contributed by atoms with Gasteiger partial charge in [-0.15, -0.1) is 0 Å². The molecule has 3 aromatic rings.